The number of hydrogen-bond donors (Lipinski definition) is 1. The molecule has 1 aliphatic carbocycles. The maximum atomic E-state index is 13.5. The van der Waals surface area contributed by atoms with Crippen LogP contribution >= 0.6 is 0 Å². The molecule has 0 bridgehead atoms. The first-order valence-electron chi connectivity index (χ1n) is 10.5. The topological polar surface area (TPSA) is 84.6 Å². The fourth-order valence-electron chi connectivity index (χ4n) is 4.74. The normalized spacial score (nSPS) is 25.2. The van der Waals surface area contributed by atoms with Gasteiger partial charge in [0.2, 0.25) is 11.8 Å². The minimum Gasteiger partial charge on any atom is -0.384 e. The Kier molecular flexibility index (Phi) is 5.59. The van der Waals surface area contributed by atoms with Crippen LogP contribution in [0.25, 0.3) is 0 Å². The van der Waals surface area contributed by atoms with Crippen molar-refractivity contribution in [2.24, 2.45) is 5.92 Å². The third-order valence-corrected chi connectivity index (χ3v) is 6.54. The summed E-state index contributed by atoms with van der Waals surface area (Å²) in [5.41, 5.74) is 5.39. The van der Waals surface area contributed by atoms with E-state index in [0.29, 0.717) is 44.8 Å². The molecule has 1 amide bonds. The Morgan fingerprint density at radius 1 is 1.17 bits per heavy atom. The number of nitrogens with zero attached hydrogens (tertiary/aromatic N) is 4. The maximum Gasteiger partial charge on any atom is 0.248 e. The van der Waals surface area contributed by atoms with E-state index in [1.54, 1.807) is 6.07 Å². The second-order valence-corrected chi connectivity index (χ2v) is 8.64. The molecule has 0 unspecified atom stereocenters. The van der Waals surface area contributed by atoms with E-state index < -0.39 is 5.92 Å². The van der Waals surface area contributed by atoms with Crippen LogP contribution in [0.5, 0.6) is 0 Å². The summed E-state index contributed by atoms with van der Waals surface area (Å²) in [6, 6.07) is 1.76. The Balaban J connectivity index is 1.38. The van der Waals surface area contributed by atoms with Crippen LogP contribution in [0.3, 0.4) is 0 Å². The lowest BCUT2D eigenvalue weighted by Crippen LogP contribution is -2.53. The molecule has 1 aromatic heterocycles. The molecule has 160 valence electrons. The highest BCUT2D eigenvalue weighted by Crippen LogP contribution is 2.38. The van der Waals surface area contributed by atoms with E-state index in [2.05, 4.69) is 14.9 Å². The van der Waals surface area contributed by atoms with Gasteiger partial charge in [0.15, 0.2) is 0 Å². The van der Waals surface area contributed by atoms with Gasteiger partial charge in [-0.2, -0.15) is 0 Å². The number of nitrogen functional groups attached to an aromatic ring is 1. The molecular formula is C20H29F2N5O2. The minimum absolute atomic E-state index is 0.0711. The Morgan fingerprint density at radius 3 is 2.59 bits per heavy atom. The zero-order chi connectivity index (χ0) is 20.5. The highest BCUT2D eigenvalue weighted by Gasteiger charge is 2.42. The Morgan fingerprint density at radius 2 is 1.90 bits per heavy atom. The Labute approximate surface area is 169 Å². The average molecular weight is 409 g/mol. The highest BCUT2D eigenvalue weighted by atomic mass is 19.3. The van der Waals surface area contributed by atoms with Crippen molar-refractivity contribution in [3.8, 4) is 0 Å². The van der Waals surface area contributed by atoms with E-state index in [0.717, 1.165) is 31.7 Å². The van der Waals surface area contributed by atoms with E-state index in [1.165, 1.54) is 6.33 Å². The van der Waals surface area contributed by atoms with Gasteiger partial charge in [-0.05, 0) is 31.6 Å². The lowest BCUT2D eigenvalue weighted by atomic mass is 9.85. The maximum absolute atomic E-state index is 13.5. The first-order chi connectivity index (χ1) is 13.8. The van der Waals surface area contributed by atoms with Crippen molar-refractivity contribution in [3.05, 3.63) is 12.4 Å². The van der Waals surface area contributed by atoms with Crippen molar-refractivity contribution in [1.82, 2.24) is 14.9 Å². The molecule has 29 heavy (non-hydrogen) atoms. The van der Waals surface area contributed by atoms with Crippen molar-refractivity contribution in [3.63, 3.8) is 0 Å². The summed E-state index contributed by atoms with van der Waals surface area (Å²) in [4.78, 5) is 24.9. The van der Waals surface area contributed by atoms with Gasteiger partial charge in [0.1, 0.15) is 18.0 Å². The van der Waals surface area contributed by atoms with Gasteiger partial charge in [0, 0.05) is 45.1 Å². The van der Waals surface area contributed by atoms with Crippen LogP contribution in [0, 0.1) is 5.92 Å². The van der Waals surface area contributed by atoms with E-state index in [1.807, 2.05) is 4.90 Å². The molecule has 9 heteroatoms. The quantitative estimate of drug-likeness (QED) is 0.826. The predicted octanol–water partition coefficient (Wildman–Crippen LogP) is 2.47. The molecule has 4 rings (SSSR count). The second kappa shape index (κ2) is 8.01. The number of ether oxygens (including phenoxy) is 1. The Bertz CT molecular complexity index is 729. The summed E-state index contributed by atoms with van der Waals surface area (Å²) in [7, 11) is 0. The van der Waals surface area contributed by atoms with Crippen LogP contribution in [-0.2, 0) is 9.53 Å². The fourth-order valence-corrected chi connectivity index (χ4v) is 4.74. The molecule has 3 aliphatic rings. The number of carbonyl (C=O) groups is 1. The number of hydrogen-bond acceptors (Lipinski definition) is 6. The minimum atomic E-state index is -2.54. The molecule has 2 saturated heterocycles. The highest BCUT2D eigenvalue weighted by molar-refractivity contribution is 5.76. The van der Waals surface area contributed by atoms with Gasteiger partial charge in [0.05, 0.1) is 18.6 Å². The molecular weight excluding hydrogens is 380 g/mol. The largest absolute Gasteiger partial charge is 0.384 e. The van der Waals surface area contributed by atoms with Crippen molar-refractivity contribution in [2.45, 2.75) is 56.5 Å². The van der Waals surface area contributed by atoms with Crippen molar-refractivity contribution in [1.29, 1.82) is 0 Å². The molecule has 3 heterocycles. The molecule has 1 aromatic rings. The van der Waals surface area contributed by atoms with Crippen LogP contribution in [0.2, 0.25) is 0 Å². The number of halogens is 2. The SMILES string of the molecule is Nc1cc(N2CCC3(CC2)CN(CC2CCC(F)(F)CC2)C(=O)CCO3)ncn1. The summed E-state index contributed by atoms with van der Waals surface area (Å²) in [6.07, 6.45) is 4.20. The molecule has 1 saturated carbocycles. The number of amides is 1. The van der Waals surface area contributed by atoms with Gasteiger partial charge in [-0.1, -0.05) is 0 Å². The van der Waals surface area contributed by atoms with Gasteiger partial charge in [-0.3, -0.25) is 4.79 Å². The van der Waals surface area contributed by atoms with Crippen LogP contribution < -0.4 is 10.6 Å². The van der Waals surface area contributed by atoms with E-state index in [-0.39, 0.29) is 30.3 Å². The van der Waals surface area contributed by atoms with E-state index in [9.17, 15) is 13.6 Å². The molecule has 1 spiro atoms. The lowest BCUT2D eigenvalue weighted by Gasteiger charge is -2.43. The molecule has 0 aromatic carbocycles. The van der Waals surface area contributed by atoms with Crippen LogP contribution in [-0.4, -0.2) is 65.1 Å². The first-order valence-corrected chi connectivity index (χ1v) is 10.5. The van der Waals surface area contributed by atoms with E-state index >= 15 is 0 Å². The predicted molar refractivity (Wildman–Crippen MR) is 105 cm³/mol. The van der Waals surface area contributed by atoms with Crippen LogP contribution in [0.15, 0.2) is 12.4 Å². The standard InChI is InChI=1S/C20H29F2N5O2/c21-20(22)4-1-15(2-5-20)12-27-13-19(29-10-3-18(27)28)6-8-26(9-7-19)17-11-16(23)24-14-25-17/h11,14-15H,1-10,12-13H2,(H2,23,24,25). The van der Waals surface area contributed by atoms with Gasteiger partial charge in [0.25, 0.3) is 0 Å². The van der Waals surface area contributed by atoms with E-state index in [4.69, 9.17) is 10.5 Å². The fraction of sp³-hybridized carbons (Fsp3) is 0.750. The average Bonchev–Trinajstić information content (AvgIpc) is 2.83. The summed E-state index contributed by atoms with van der Waals surface area (Å²) >= 11 is 0. The van der Waals surface area contributed by atoms with Gasteiger partial charge < -0.3 is 20.3 Å². The van der Waals surface area contributed by atoms with Crippen LogP contribution in [0.1, 0.15) is 44.9 Å². The number of aromatic nitrogens is 2. The van der Waals surface area contributed by atoms with Crippen molar-refractivity contribution >= 4 is 17.5 Å². The monoisotopic (exact) mass is 409 g/mol. The number of piperidine rings is 1. The van der Waals surface area contributed by atoms with Crippen LogP contribution in [0.4, 0.5) is 20.4 Å². The summed E-state index contributed by atoms with van der Waals surface area (Å²) < 4.78 is 33.1. The first kappa shape index (κ1) is 20.3. The molecule has 0 radical (unpaired) electrons. The third kappa shape index (κ3) is 4.76. The number of alkyl halides is 2. The number of rotatable bonds is 3. The van der Waals surface area contributed by atoms with Crippen molar-refractivity contribution in [2.75, 3.05) is 43.4 Å². The summed E-state index contributed by atoms with van der Waals surface area (Å²) in [5.74, 6) is -1.07. The molecule has 3 fully saturated rings. The molecule has 7 nitrogen and oxygen atoms in total. The van der Waals surface area contributed by atoms with Gasteiger partial charge in [-0.25, -0.2) is 18.7 Å². The molecule has 0 atom stereocenters. The van der Waals surface area contributed by atoms with Gasteiger partial charge >= 0.3 is 0 Å². The van der Waals surface area contributed by atoms with Crippen molar-refractivity contribution < 1.29 is 18.3 Å². The zero-order valence-electron chi connectivity index (χ0n) is 16.7. The van der Waals surface area contributed by atoms with Gasteiger partial charge in [-0.15, -0.1) is 0 Å². The molecule has 2 N–H and O–H groups in total. The smallest absolute Gasteiger partial charge is 0.248 e. The summed E-state index contributed by atoms with van der Waals surface area (Å²) in [6.45, 7) is 3.03. The number of anilines is 2. The lowest BCUT2D eigenvalue weighted by molar-refractivity contribution is -0.132. The summed E-state index contributed by atoms with van der Waals surface area (Å²) in [5, 5.41) is 0. The number of nitrogens with two attached hydrogens (primary N) is 1. The third-order valence-electron chi connectivity index (χ3n) is 6.54. The second-order valence-electron chi connectivity index (χ2n) is 8.64. The number of carbonyl (C=O) groups excluding carboxylic acids is 1. The molecule has 2 aliphatic heterocycles. The Hall–Kier alpha value is -2.03. The zero-order valence-corrected chi connectivity index (χ0v) is 16.7.